The van der Waals surface area contributed by atoms with Crippen molar-refractivity contribution < 1.29 is 26.6 Å². The van der Waals surface area contributed by atoms with Gasteiger partial charge in [-0.15, -0.1) is 0 Å². The molecule has 1 N–H and O–H groups in total. The van der Waals surface area contributed by atoms with Crippen LogP contribution in [0.25, 0.3) is 0 Å². The van der Waals surface area contributed by atoms with Crippen LogP contribution in [0.4, 0.5) is 4.39 Å². The van der Waals surface area contributed by atoms with Crippen molar-refractivity contribution in [3.63, 3.8) is 0 Å². The Kier molecular flexibility index (Phi) is 6.84. The van der Waals surface area contributed by atoms with E-state index in [-0.39, 0.29) is 22.8 Å². The largest absolute Gasteiger partial charge is 0.340 e. The molecule has 0 saturated heterocycles. The Balaban J connectivity index is 1.53. The van der Waals surface area contributed by atoms with Crippen molar-refractivity contribution in [1.82, 2.24) is 5.32 Å². The highest BCUT2D eigenvalue weighted by Crippen LogP contribution is 2.35. The van der Waals surface area contributed by atoms with E-state index in [0.717, 1.165) is 17.2 Å². The van der Waals surface area contributed by atoms with E-state index in [1.54, 1.807) is 30.3 Å². The van der Waals surface area contributed by atoms with Gasteiger partial charge in [0.1, 0.15) is 11.9 Å². The first kappa shape index (κ1) is 24.1. The Morgan fingerprint density at radius 2 is 1.79 bits per heavy atom. The third-order valence-electron chi connectivity index (χ3n) is 5.63. The molecule has 0 fully saturated rings. The third-order valence-corrected chi connectivity index (χ3v) is 7.29. The quantitative estimate of drug-likeness (QED) is 0.389. The molecule has 176 valence electrons. The van der Waals surface area contributed by atoms with Crippen LogP contribution >= 0.6 is 11.6 Å². The molecular formula is C25H21ClFNO5S. The molecule has 0 saturated carbocycles. The van der Waals surface area contributed by atoms with Gasteiger partial charge in [0, 0.05) is 12.8 Å². The number of nitrogens with one attached hydrogen (secondary N) is 1. The van der Waals surface area contributed by atoms with Gasteiger partial charge in [0.05, 0.1) is 16.0 Å². The van der Waals surface area contributed by atoms with Crippen molar-refractivity contribution in [1.29, 1.82) is 0 Å². The zero-order valence-electron chi connectivity index (χ0n) is 18.1. The van der Waals surface area contributed by atoms with Gasteiger partial charge in [0.15, 0.2) is 0 Å². The van der Waals surface area contributed by atoms with Gasteiger partial charge >= 0.3 is 0 Å². The SMILES string of the molecule is Cc1ccc(S(=O)(=O)O[C@@H]2Cc3ccccc3[C@@H]2NC(=O)C(=O)Cc2ccc(Cl)c(F)c2)cc1. The first-order valence-corrected chi connectivity index (χ1v) is 12.3. The van der Waals surface area contributed by atoms with Crippen molar-refractivity contribution in [2.45, 2.75) is 36.8 Å². The molecule has 3 aromatic rings. The second-order valence-electron chi connectivity index (χ2n) is 8.10. The summed E-state index contributed by atoms with van der Waals surface area (Å²) in [5.41, 5.74) is 2.68. The van der Waals surface area contributed by atoms with Gasteiger partial charge in [0.25, 0.3) is 16.0 Å². The van der Waals surface area contributed by atoms with Gasteiger partial charge in [-0.3, -0.25) is 13.8 Å². The Labute approximate surface area is 201 Å². The summed E-state index contributed by atoms with van der Waals surface area (Å²) in [5.74, 6) is -2.41. The molecule has 0 aliphatic heterocycles. The number of carbonyl (C=O) groups excluding carboxylic acids is 2. The molecule has 1 aliphatic carbocycles. The third kappa shape index (κ3) is 5.19. The van der Waals surface area contributed by atoms with E-state index in [9.17, 15) is 22.4 Å². The molecular weight excluding hydrogens is 481 g/mol. The van der Waals surface area contributed by atoms with Crippen molar-refractivity contribution in [2.75, 3.05) is 0 Å². The molecule has 1 aliphatic rings. The van der Waals surface area contributed by atoms with Crippen LogP contribution in [0.3, 0.4) is 0 Å². The first-order valence-electron chi connectivity index (χ1n) is 10.5. The van der Waals surface area contributed by atoms with Gasteiger partial charge < -0.3 is 5.32 Å². The van der Waals surface area contributed by atoms with E-state index in [2.05, 4.69) is 5.32 Å². The molecule has 1 amide bonds. The molecule has 0 spiro atoms. The van der Waals surface area contributed by atoms with Crippen molar-refractivity contribution in [2.24, 2.45) is 0 Å². The van der Waals surface area contributed by atoms with E-state index in [1.807, 2.05) is 13.0 Å². The second-order valence-corrected chi connectivity index (χ2v) is 10.1. The lowest BCUT2D eigenvalue weighted by atomic mass is 10.1. The number of halogens is 2. The maximum Gasteiger partial charge on any atom is 0.297 e. The zero-order chi connectivity index (χ0) is 24.5. The van der Waals surface area contributed by atoms with Crippen LogP contribution in [0, 0.1) is 12.7 Å². The van der Waals surface area contributed by atoms with Gasteiger partial charge in [-0.25, -0.2) is 4.39 Å². The number of carbonyl (C=O) groups is 2. The van der Waals surface area contributed by atoms with Crippen molar-refractivity contribution in [3.05, 3.63) is 99.8 Å². The van der Waals surface area contributed by atoms with Crippen LogP contribution < -0.4 is 5.32 Å². The lowest BCUT2D eigenvalue weighted by Crippen LogP contribution is -2.40. The Morgan fingerprint density at radius 1 is 1.09 bits per heavy atom. The van der Waals surface area contributed by atoms with Gasteiger partial charge in [0.2, 0.25) is 5.78 Å². The van der Waals surface area contributed by atoms with Crippen molar-refractivity contribution in [3.8, 4) is 0 Å². The molecule has 0 unspecified atom stereocenters. The number of rotatable bonds is 7. The average Bonchev–Trinajstić information content (AvgIpc) is 3.12. The van der Waals surface area contributed by atoms with E-state index < -0.39 is 39.8 Å². The fourth-order valence-electron chi connectivity index (χ4n) is 3.88. The average molecular weight is 502 g/mol. The summed E-state index contributed by atoms with van der Waals surface area (Å²) in [6.45, 7) is 1.84. The highest BCUT2D eigenvalue weighted by atomic mass is 35.5. The minimum absolute atomic E-state index is 0.0000240. The smallest absolute Gasteiger partial charge is 0.297 e. The number of ketones is 1. The second kappa shape index (κ2) is 9.66. The van der Waals surface area contributed by atoms with Gasteiger partial charge in [-0.2, -0.15) is 8.42 Å². The summed E-state index contributed by atoms with van der Waals surface area (Å²) in [7, 11) is -4.11. The van der Waals surface area contributed by atoms with Crippen LogP contribution in [0.15, 0.2) is 71.6 Å². The number of benzene rings is 3. The Bertz CT molecular complexity index is 1360. The molecule has 4 rings (SSSR count). The molecule has 9 heteroatoms. The topological polar surface area (TPSA) is 89.5 Å². The number of hydrogen-bond acceptors (Lipinski definition) is 5. The molecule has 6 nitrogen and oxygen atoms in total. The highest BCUT2D eigenvalue weighted by Gasteiger charge is 2.38. The Hall–Kier alpha value is -3.07. The van der Waals surface area contributed by atoms with E-state index in [1.165, 1.54) is 24.3 Å². The van der Waals surface area contributed by atoms with E-state index in [4.69, 9.17) is 15.8 Å². The molecule has 0 radical (unpaired) electrons. The fraction of sp³-hybridized carbons (Fsp3) is 0.200. The van der Waals surface area contributed by atoms with Gasteiger partial charge in [-0.1, -0.05) is 59.6 Å². The van der Waals surface area contributed by atoms with E-state index >= 15 is 0 Å². The van der Waals surface area contributed by atoms with Gasteiger partial charge in [-0.05, 0) is 47.9 Å². The number of fused-ring (bicyclic) bond motifs is 1. The molecule has 3 aromatic carbocycles. The minimum atomic E-state index is -4.11. The van der Waals surface area contributed by atoms with E-state index in [0.29, 0.717) is 11.1 Å². The predicted molar refractivity (Wildman–Crippen MR) is 124 cm³/mol. The summed E-state index contributed by atoms with van der Waals surface area (Å²) >= 11 is 5.66. The summed E-state index contributed by atoms with van der Waals surface area (Å²) in [4.78, 5) is 25.2. The number of Topliss-reactive ketones (excluding diaryl/α,β-unsaturated/α-hetero) is 1. The monoisotopic (exact) mass is 501 g/mol. The maximum absolute atomic E-state index is 13.7. The highest BCUT2D eigenvalue weighted by molar-refractivity contribution is 7.86. The van der Waals surface area contributed by atoms with Crippen LogP contribution in [-0.4, -0.2) is 26.2 Å². The standard InChI is InChI=1S/C25H21ClFNO5S/c1-15-6-9-18(10-7-15)34(31,32)33-23-14-17-4-2-3-5-19(17)24(23)28-25(30)22(29)13-16-8-11-20(26)21(27)12-16/h2-12,23-24H,13-14H2,1H3,(H,28,30)/t23-,24+/m1/s1. The lowest BCUT2D eigenvalue weighted by molar-refractivity contribution is -0.138. The molecule has 34 heavy (non-hydrogen) atoms. The minimum Gasteiger partial charge on any atom is -0.340 e. The molecule has 0 aromatic heterocycles. The summed E-state index contributed by atoms with van der Waals surface area (Å²) < 4.78 is 44.9. The van der Waals surface area contributed by atoms with Crippen LogP contribution in [0.2, 0.25) is 5.02 Å². The fourth-order valence-corrected chi connectivity index (χ4v) is 5.08. The first-order chi connectivity index (χ1) is 16.1. The Morgan fingerprint density at radius 3 is 2.50 bits per heavy atom. The number of hydrogen-bond donors (Lipinski definition) is 1. The normalized spacial score (nSPS) is 17.3. The van der Waals surface area contributed by atoms with Crippen molar-refractivity contribution >= 4 is 33.4 Å². The summed E-state index contributed by atoms with van der Waals surface area (Å²) in [6, 6.07) is 16.4. The molecule has 0 heterocycles. The van der Waals surface area contributed by atoms with Crippen LogP contribution in [0.5, 0.6) is 0 Å². The summed E-state index contributed by atoms with van der Waals surface area (Å²) in [6.07, 6.45) is -1.03. The number of amides is 1. The maximum atomic E-state index is 13.7. The van der Waals surface area contributed by atoms with Crippen LogP contribution in [-0.2, 0) is 36.7 Å². The lowest BCUT2D eigenvalue weighted by Gasteiger charge is -2.22. The number of aryl methyl sites for hydroxylation is 1. The summed E-state index contributed by atoms with van der Waals surface area (Å²) in [5, 5.41) is 2.53. The predicted octanol–water partition coefficient (Wildman–Crippen LogP) is 4.09. The van der Waals surface area contributed by atoms with Crippen LogP contribution in [0.1, 0.15) is 28.3 Å². The zero-order valence-corrected chi connectivity index (χ0v) is 19.7. The molecule has 0 bridgehead atoms. The molecule has 2 atom stereocenters.